The molecule has 2 unspecified atom stereocenters. The second kappa shape index (κ2) is 11.3. The summed E-state index contributed by atoms with van der Waals surface area (Å²) in [5.41, 5.74) is 2.99. The van der Waals surface area contributed by atoms with Crippen LogP contribution in [-0.4, -0.2) is 65.4 Å². The lowest BCUT2D eigenvalue weighted by atomic mass is 9.91. The van der Waals surface area contributed by atoms with Crippen LogP contribution >= 0.6 is 11.6 Å². The molecule has 1 aliphatic rings. The van der Waals surface area contributed by atoms with Crippen LogP contribution in [0.5, 0.6) is 5.88 Å². The summed E-state index contributed by atoms with van der Waals surface area (Å²) in [5.74, 6) is -2.06. The van der Waals surface area contributed by atoms with Gasteiger partial charge in [-0.05, 0) is 31.0 Å². The van der Waals surface area contributed by atoms with Crippen molar-refractivity contribution in [2.24, 2.45) is 5.92 Å². The van der Waals surface area contributed by atoms with Gasteiger partial charge in [-0.3, -0.25) is 14.1 Å². The molecule has 0 radical (unpaired) electrons. The Morgan fingerprint density at radius 3 is 2.97 bits per heavy atom. The van der Waals surface area contributed by atoms with Crippen LogP contribution in [0.15, 0.2) is 30.5 Å². The summed E-state index contributed by atoms with van der Waals surface area (Å²) in [6, 6.07) is 7.24. The molecule has 2 aromatic heterocycles. The number of benzene rings is 1. The molecule has 4 rings (SSSR count). The van der Waals surface area contributed by atoms with Gasteiger partial charge < -0.3 is 20.1 Å². The Balaban J connectivity index is 1.70. The summed E-state index contributed by atoms with van der Waals surface area (Å²) < 4.78 is 33.3. The fourth-order valence-electron chi connectivity index (χ4n) is 4.59. The lowest BCUT2D eigenvalue weighted by Crippen LogP contribution is -2.40. The van der Waals surface area contributed by atoms with Crippen molar-refractivity contribution >= 4 is 28.5 Å². The van der Waals surface area contributed by atoms with Crippen LogP contribution in [0.25, 0.3) is 10.9 Å². The number of aliphatic carboxylic acids is 1. The summed E-state index contributed by atoms with van der Waals surface area (Å²) in [7, 11) is 0. The van der Waals surface area contributed by atoms with Gasteiger partial charge in [0, 0.05) is 41.8 Å². The summed E-state index contributed by atoms with van der Waals surface area (Å²) in [6.45, 7) is 3.23. The van der Waals surface area contributed by atoms with Crippen LogP contribution in [0.4, 0.5) is 8.78 Å². The second-order valence-corrected chi connectivity index (χ2v) is 9.11. The smallest absolute Gasteiger partial charge is 0.307 e. The zero-order valence-electron chi connectivity index (χ0n) is 19.5. The summed E-state index contributed by atoms with van der Waals surface area (Å²) >= 11 is 6.69. The molecule has 2 atom stereocenters. The molecule has 35 heavy (non-hydrogen) atoms. The Bertz CT molecular complexity index is 1190. The Labute approximate surface area is 207 Å². The number of aromatic amines is 1. The third kappa shape index (κ3) is 5.42. The van der Waals surface area contributed by atoms with E-state index < -0.39 is 30.4 Å². The fourth-order valence-corrected chi connectivity index (χ4v) is 4.89. The number of alkyl halides is 1. The zero-order chi connectivity index (χ0) is 24.9. The van der Waals surface area contributed by atoms with E-state index in [9.17, 15) is 14.3 Å². The Morgan fingerprint density at radius 2 is 2.20 bits per heavy atom. The predicted molar refractivity (Wildman–Crippen MR) is 130 cm³/mol. The average molecular weight is 507 g/mol. The highest BCUT2D eigenvalue weighted by Gasteiger charge is 2.37. The van der Waals surface area contributed by atoms with Gasteiger partial charge in [-0.2, -0.15) is 0 Å². The highest BCUT2D eigenvalue weighted by molar-refractivity contribution is 6.32. The van der Waals surface area contributed by atoms with Gasteiger partial charge >= 0.3 is 5.97 Å². The van der Waals surface area contributed by atoms with E-state index in [0.29, 0.717) is 32.5 Å². The number of aromatic nitrogens is 2. The number of H-pyrrole nitrogens is 1. The Morgan fingerprint density at radius 1 is 1.40 bits per heavy atom. The highest BCUT2D eigenvalue weighted by atomic mass is 35.5. The number of halogens is 3. The SMILES string of the molecule is CC(CN1CCc2c([nH]c3ccccc23)C1c1c(F)cnc(OCCNCCCF)c1Cl)C(=O)O. The van der Waals surface area contributed by atoms with Crippen molar-refractivity contribution in [3.05, 3.63) is 58.1 Å². The predicted octanol–water partition coefficient (Wildman–Crippen LogP) is 4.35. The normalized spacial score (nSPS) is 16.9. The van der Waals surface area contributed by atoms with Crippen LogP contribution in [0.3, 0.4) is 0 Å². The third-order valence-electron chi connectivity index (χ3n) is 6.32. The van der Waals surface area contributed by atoms with Crippen molar-refractivity contribution in [3.8, 4) is 5.88 Å². The molecule has 3 N–H and O–H groups in total. The summed E-state index contributed by atoms with van der Waals surface area (Å²) in [5, 5.41) is 13.7. The lowest BCUT2D eigenvalue weighted by Gasteiger charge is -2.37. The van der Waals surface area contributed by atoms with Crippen molar-refractivity contribution < 1.29 is 23.4 Å². The molecule has 3 heterocycles. The molecule has 10 heteroatoms. The maximum absolute atomic E-state index is 15.4. The first-order valence-electron chi connectivity index (χ1n) is 11.7. The number of carbonyl (C=O) groups is 1. The monoisotopic (exact) mass is 506 g/mol. The maximum atomic E-state index is 15.4. The molecular formula is C25H29ClF2N4O3. The van der Waals surface area contributed by atoms with Gasteiger partial charge in [0.2, 0.25) is 5.88 Å². The van der Waals surface area contributed by atoms with E-state index in [-0.39, 0.29) is 29.6 Å². The van der Waals surface area contributed by atoms with E-state index in [0.717, 1.165) is 28.4 Å². The molecule has 188 valence electrons. The number of hydrogen-bond donors (Lipinski definition) is 3. The van der Waals surface area contributed by atoms with E-state index in [1.54, 1.807) is 6.92 Å². The van der Waals surface area contributed by atoms with E-state index in [4.69, 9.17) is 16.3 Å². The van der Waals surface area contributed by atoms with Crippen molar-refractivity contribution in [1.82, 2.24) is 20.2 Å². The van der Waals surface area contributed by atoms with Crippen molar-refractivity contribution in [3.63, 3.8) is 0 Å². The van der Waals surface area contributed by atoms with Crippen LogP contribution in [-0.2, 0) is 11.2 Å². The minimum absolute atomic E-state index is 0.0539. The number of nitrogens with one attached hydrogen (secondary N) is 2. The lowest BCUT2D eigenvalue weighted by molar-refractivity contribution is -0.141. The first-order chi connectivity index (χ1) is 16.9. The van der Waals surface area contributed by atoms with Gasteiger partial charge in [0.05, 0.1) is 24.8 Å². The van der Waals surface area contributed by atoms with Gasteiger partial charge in [0.25, 0.3) is 0 Å². The summed E-state index contributed by atoms with van der Waals surface area (Å²) in [6.07, 6.45) is 2.20. The number of rotatable bonds is 11. The van der Waals surface area contributed by atoms with E-state index in [1.165, 1.54) is 0 Å². The van der Waals surface area contributed by atoms with Crippen molar-refractivity contribution in [2.45, 2.75) is 25.8 Å². The van der Waals surface area contributed by atoms with Crippen LogP contribution in [0, 0.1) is 11.7 Å². The van der Waals surface area contributed by atoms with Gasteiger partial charge in [0.1, 0.15) is 17.4 Å². The minimum Gasteiger partial charge on any atom is -0.481 e. The number of fused-ring (bicyclic) bond motifs is 3. The Hall–Kier alpha value is -2.75. The molecule has 0 saturated heterocycles. The van der Waals surface area contributed by atoms with Gasteiger partial charge in [-0.1, -0.05) is 36.7 Å². The molecular weight excluding hydrogens is 478 g/mol. The molecule has 1 aromatic carbocycles. The molecule has 7 nitrogen and oxygen atoms in total. The molecule has 1 aliphatic heterocycles. The number of ether oxygens (including phenoxy) is 1. The molecule has 0 fully saturated rings. The number of carboxylic acid groups (broad SMARTS) is 1. The topological polar surface area (TPSA) is 90.5 Å². The van der Waals surface area contributed by atoms with Crippen LogP contribution in [0.1, 0.15) is 36.2 Å². The largest absolute Gasteiger partial charge is 0.481 e. The molecule has 0 spiro atoms. The quantitative estimate of drug-likeness (QED) is 0.335. The van der Waals surface area contributed by atoms with Crippen LogP contribution in [0.2, 0.25) is 5.02 Å². The van der Waals surface area contributed by atoms with E-state index in [2.05, 4.69) is 15.3 Å². The number of nitrogens with zero attached hydrogens (tertiary/aromatic N) is 2. The van der Waals surface area contributed by atoms with Crippen molar-refractivity contribution in [1.29, 1.82) is 0 Å². The standard InChI is InChI=1S/C25H29ClF2N4O3/c1-15(25(33)34)14-32-11-7-17-16-5-2-3-6-19(16)31-22(17)23(32)20-18(28)13-30-24(21(20)26)35-12-10-29-9-4-8-27/h2-3,5-6,13,15,23,29,31H,4,7-12,14H2,1H3,(H,33,34). The minimum atomic E-state index is -0.920. The first kappa shape index (κ1) is 25.3. The van der Waals surface area contributed by atoms with E-state index in [1.807, 2.05) is 29.2 Å². The molecule has 0 amide bonds. The van der Waals surface area contributed by atoms with Gasteiger partial charge in [-0.25, -0.2) is 9.37 Å². The second-order valence-electron chi connectivity index (χ2n) is 8.73. The van der Waals surface area contributed by atoms with Crippen molar-refractivity contribution in [2.75, 3.05) is 39.5 Å². The number of pyridine rings is 1. The van der Waals surface area contributed by atoms with Crippen LogP contribution < -0.4 is 10.1 Å². The third-order valence-corrected chi connectivity index (χ3v) is 6.68. The van der Waals surface area contributed by atoms with Gasteiger partial charge in [-0.15, -0.1) is 0 Å². The maximum Gasteiger partial charge on any atom is 0.307 e. The Kier molecular flexibility index (Phi) is 8.20. The first-order valence-corrected chi connectivity index (χ1v) is 12.1. The zero-order valence-corrected chi connectivity index (χ0v) is 20.2. The molecule has 3 aromatic rings. The molecule has 0 aliphatic carbocycles. The van der Waals surface area contributed by atoms with E-state index >= 15 is 4.39 Å². The molecule has 0 saturated carbocycles. The highest BCUT2D eigenvalue weighted by Crippen LogP contribution is 2.43. The molecule has 0 bridgehead atoms. The fraction of sp³-hybridized carbons (Fsp3) is 0.440. The number of hydrogen-bond acceptors (Lipinski definition) is 5. The number of carboxylic acids is 1. The number of para-hydroxylation sites is 1. The average Bonchev–Trinajstić information content (AvgIpc) is 3.22. The van der Waals surface area contributed by atoms with Gasteiger partial charge in [0.15, 0.2) is 0 Å². The summed E-state index contributed by atoms with van der Waals surface area (Å²) in [4.78, 5) is 21.0.